The van der Waals surface area contributed by atoms with Crippen molar-refractivity contribution in [3.63, 3.8) is 0 Å². The molecule has 0 radical (unpaired) electrons. The molecule has 0 bridgehead atoms. The van der Waals surface area contributed by atoms with Crippen LogP contribution in [0.2, 0.25) is 0 Å². The Morgan fingerprint density at radius 3 is 2.63 bits per heavy atom. The molecule has 0 amide bonds. The number of benzene rings is 1. The molecule has 0 saturated carbocycles. The van der Waals surface area contributed by atoms with Gasteiger partial charge in [-0.2, -0.15) is 0 Å². The lowest BCUT2D eigenvalue weighted by Gasteiger charge is -2.34. The predicted octanol–water partition coefficient (Wildman–Crippen LogP) is 2.66. The zero-order chi connectivity index (χ0) is 19.6. The summed E-state index contributed by atoms with van der Waals surface area (Å²) < 4.78 is 0. The molecule has 1 unspecified atom stereocenters. The van der Waals surface area contributed by atoms with Gasteiger partial charge in [-0.3, -0.25) is 0 Å². The second kappa shape index (κ2) is 11.6. The van der Waals surface area contributed by atoms with Crippen LogP contribution in [-0.4, -0.2) is 74.9 Å². The third kappa shape index (κ3) is 7.72. The number of hydrogen-bond donors (Lipinski definition) is 2. The first kappa shape index (κ1) is 22.1. The number of likely N-dealkylation sites (N-methyl/N-ethyl adjacent to an activating group) is 1. The van der Waals surface area contributed by atoms with Crippen LogP contribution in [0.1, 0.15) is 25.0 Å². The topological polar surface area (TPSA) is 42.9 Å². The number of aliphatic imine (C=N–C) groups is 1. The van der Waals surface area contributed by atoms with Gasteiger partial charge in [-0.25, -0.2) is 4.99 Å². The summed E-state index contributed by atoms with van der Waals surface area (Å²) in [6.07, 6.45) is 2.13. The minimum atomic E-state index is 0.596. The van der Waals surface area contributed by atoms with Gasteiger partial charge in [0.05, 0.1) is 6.54 Å². The van der Waals surface area contributed by atoms with Crippen LogP contribution >= 0.6 is 11.8 Å². The molecule has 1 heterocycles. The van der Waals surface area contributed by atoms with Crippen molar-refractivity contribution in [1.82, 2.24) is 20.4 Å². The molecule has 2 N–H and O–H groups in total. The van der Waals surface area contributed by atoms with Crippen LogP contribution in [0.4, 0.5) is 0 Å². The highest BCUT2D eigenvalue weighted by Gasteiger charge is 2.16. The van der Waals surface area contributed by atoms with Gasteiger partial charge in [0.15, 0.2) is 5.96 Å². The molecule has 1 saturated heterocycles. The Hall–Kier alpha value is -1.24. The Morgan fingerprint density at radius 1 is 1.22 bits per heavy atom. The average Bonchev–Trinajstić information content (AvgIpc) is 2.66. The maximum atomic E-state index is 4.81. The molecule has 1 aliphatic heterocycles. The van der Waals surface area contributed by atoms with Gasteiger partial charge in [0.2, 0.25) is 0 Å². The van der Waals surface area contributed by atoms with Gasteiger partial charge < -0.3 is 20.4 Å². The minimum absolute atomic E-state index is 0.596. The van der Waals surface area contributed by atoms with Gasteiger partial charge in [-0.1, -0.05) is 19.1 Å². The number of thioether (sulfide) groups is 1. The van der Waals surface area contributed by atoms with Crippen molar-refractivity contribution in [3.8, 4) is 0 Å². The number of nitrogens with one attached hydrogen (secondary N) is 2. The SMILES string of the molecule is CCNC(=NCc1ccc(C)cc1SC)NCC(C)CN1CCN(C)CC1. The lowest BCUT2D eigenvalue weighted by molar-refractivity contribution is 0.139. The molecule has 27 heavy (non-hydrogen) atoms. The van der Waals surface area contributed by atoms with E-state index in [0.717, 1.165) is 25.6 Å². The van der Waals surface area contributed by atoms with E-state index in [-0.39, 0.29) is 0 Å². The number of guanidine groups is 1. The number of aryl methyl sites for hydroxylation is 1. The minimum Gasteiger partial charge on any atom is -0.357 e. The van der Waals surface area contributed by atoms with Crippen LogP contribution in [0.5, 0.6) is 0 Å². The zero-order valence-electron chi connectivity index (χ0n) is 17.7. The molecule has 0 aliphatic carbocycles. The van der Waals surface area contributed by atoms with E-state index >= 15 is 0 Å². The molecule has 6 heteroatoms. The third-order valence-electron chi connectivity index (χ3n) is 4.98. The van der Waals surface area contributed by atoms with E-state index < -0.39 is 0 Å². The van der Waals surface area contributed by atoms with E-state index in [9.17, 15) is 0 Å². The molecule has 1 aromatic rings. The summed E-state index contributed by atoms with van der Waals surface area (Å²) in [5, 5.41) is 6.91. The zero-order valence-corrected chi connectivity index (χ0v) is 18.5. The molecule has 1 fully saturated rings. The lowest BCUT2D eigenvalue weighted by Crippen LogP contribution is -2.47. The van der Waals surface area contributed by atoms with Crippen LogP contribution < -0.4 is 10.6 Å². The van der Waals surface area contributed by atoms with Crippen LogP contribution in [0.25, 0.3) is 0 Å². The average molecular weight is 392 g/mol. The van der Waals surface area contributed by atoms with E-state index in [1.807, 2.05) is 0 Å². The fourth-order valence-corrected chi connectivity index (χ4v) is 3.99. The fourth-order valence-electron chi connectivity index (χ4n) is 3.30. The molecule has 1 aliphatic rings. The van der Waals surface area contributed by atoms with E-state index in [4.69, 9.17) is 4.99 Å². The van der Waals surface area contributed by atoms with Crippen molar-refractivity contribution in [2.24, 2.45) is 10.9 Å². The maximum absolute atomic E-state index is 4.81. The smallest absolute Gasteiger partial charge is 0.191 e. The molecule has 5 nitrogen and oxygen atoms in total. The van der Waals surface area contributed by atoms with E-state index in [1.54, 1.807) is 11.8 Å². The van der Waals surface area contributed by atoms with Crippen molar-refractivity contribution < 1.29 is 0 Å². The Balaban J connectivity index is 1.86. The highest BCUT2D eigenvalue weighted by atomic mass is 32.2. The van der Waals surface area contributed by atoms with Gasteiger partial charge in [-0.05, 0) is 50.3 Å². The maximum Gasteiger partial charge on any atom is 0.191 e. The summed E-state index contributed by atoms with van der Waals surface area (Å²) in [6.45, 7) is 15.0. The highest BCUT2D eigenvalue weighted by Crippen LogP contribution is 2.22. The quantitative estimate of drug-likeness (QED) is 0.405. The summed E-state index contributed by atoms with van der Waals surface area (Å²) in [5.74, 6) is 1.51. The molecule has 2 rings (SSSR count). The molecule has 1 atom stereocenters. The van der Waals surface area contributed by atoms with Crippen molar-refractivity contribution in [3.05, 3.63) is 29.3 Å². The molecular weight excluding hydrogens is 354 g/mol. The predicted molar refractivity (Wildman–Crippen MR) is 119 cm³/mol. The number of rotatable bonds is 8. The van der Waals surface area contributed by atoms with Gasteiger partial charge in [0.1, 0.15) is 0 Å². The van der Waals surface area contributed by atoms with Crippen LogP contribution in [0, 0.1) is 12.8 Å². The largest absolute Gasteiger partial charge is 0.357 e. The summed E-state index contributed by atoms with van der Waals surface area (Å²) in [7, 11) is 2.21. The van der Waals surface area contributed by atoms with Gasteiger partial charge >= 0.3 is 0 Å². The van der Waals surface area contributed by atoms with E-state index in [0.29, 0.717) is 12.5 Å². The normalized spacial score (nSPS) is 17.7. The number of hydrogen-bond acceptors (Lipinski definition) is 4. The van der Waals surface area contributed by atoms with Crippen LogP contribution in [-0.2, 0) is 6.54 Å². The van der Waals surface area contributed by atoms with Crippen molar-refractivity contribution >= 4 is 17.7 Å². The summed E-state index contributed by atoms with van der Waals surface area (Å²) in [6, 6.07) is 6.61. The lowest BCUT2D eigenvalue weighted by atomic mass is 10.1. The van der Waals surface area contributed by atoms with Crippen molar-refractivity contribution in [2.45, 2.75) is 32.2 Å². The number of piperazine rings is 1. The standard InChI is InChI=1S/C21H37N5S/c1-6-22-21(24-15-19-8-7-17(2)13-20(19)27-5)23-14-18(3)16-26-11-9-25(4)10-12-26/h7-8,13,18H,6,9-12,14-16H2,1-5H3,(H2,22,23,24). The molecule has 152 valence electrons. The summed E-state index contributed by atoms with van der Waals surface area (Å²) in [4.78, 5) is 11.1. The first-order valence-corrected chi connectivity index (χ1v) is 11.3. The molecule has 0 aromatic heterocycles. The van der Waals surface area contributed by atoms with Crippen molar-refractivity contribution in [1.29, 1.82) is 0 Å². The molecular formula is C21H37N5S. The highest BCUT2D eigenvalue weighted by molar-refractivity contribution is 7.98. The molecule has 0 spiro atoms. The fraction of sp³-hybridized carbons (Fsp3) is 0.667. The van der Waals surface area contributed by atoms with Gasteiger partial charge in [0.25, 0.3) is 0 Å². The second-order valence-electron chi connectivity index (χ2n) is 7.60. The van der Waals surface area contributed by atoms with Gasteiger partial charge in [0, 0.05) is 50.7 Å². The molecule has 1 aromatic carbocycles. The third-order valence-corrected chi connectivity index (χ3v) is 5.80. The monoisotopic (exact) mass is 391 g/mol. The van der Waals surface area contributed by atoms with E-state index in [1.165, 1.54) is 42.2 Å². The Kier molecular flexibility index (Phi) is 9.45. The Bertz CT molecular complexity index is 596. The van der Waals surface area contributed by atoms with Crippen LogP contribution in [0.3, 0.4) is 0 Å². The summed E-state index contributed by atoms with van der Waals surface area (Å²) in [5.41, 5.74) is 2.59. The second-order valence-corrected chi connectivity index (χ2v) is 8.45. The summed E-state index contributed by atoms with van der Waals surface area (Å²) >= 11 is 1.79. The van der Waals surface area contributed by atoms with Crippen LogP contribution in [0.15, 0.2) is 28.1 Å². The van der Waals surface area contributed by atoms with E-state index in [2.05, 4.69) is 72.7 Å². The Morgan fingerprint density at radius 2 is 1.96 bits per heavy atom. The Labute approximate surface area is 170 Å². The van der Waals surface area contributed by atoms with Crippen molar-refractivity contribution in [2.75, 3.05) is 59.1 Å². The van der Waals surface area contributed by atoms with Gasteiger partial charge in [-0.15, -0.1) is 11.8 Å². The first-order valence-electron chi connectivity index (χ1n) is 10.1. The first-order chi connectivity index (χ1) is 13.0. The number of nitrogens with zero attached hydrogens (tertiary/aromatic N) is 3.